The normalized spacial score (nSPS) is 10.0. The van der Waals surface area contributed by atoms with Crippen molar-refractivity contribution >= 4 is 29.9 Å². The van der Waals surface area contributed by atoms with Crippen LogP contribution in [0.5, 0.6) is 0 Å². The SMILES string of the molecule is CCc1noc(-c2ccc(CCN=C(N(C)C)N(C)C)cc2)n1.I. The van der Waals surface area contributed by atoms with E-state index in [0.29, 0.717) is 5.89 Å². The van der Waals surface area contributed by atoms with Crippen molar-refractivity contribution in [3.05, 3.63) is 35.7 Å². The quantitative estimate of drug-likeness (QED) is 0.404. The molecule has 0 atom stereocenters. The Bertz CT molecular complexity index is 639. The van der Waals surface area contributed by atoms with Crippen molar-refractivity contribution in [2.45, 2.75) is 19.8 Å². The Morgan fingerprint density at radius 2 is 1.71 bits per heavy atom. The minimum Gasteiger partial charge on any atom is -0.349 e. The van der Waals surface area contributed by atoms with Crippen molar-refractivity contribution in [1.29, 1.82) is 0 Å². The zero-order valence-corrected chi connectivity index (χ0v) is 17.3. The highest BCUT2D eigenvalue weighted by atomic mass is 127. The van der Waals surface area contributed by atoms with E-state index in [2.05, 4.69) is 27.3 Å². The van der Waals surface area contributed by atoms with Crippen LogP contribution in [0.2, 0.25) is 0 Å². The molecule has 0 spiro atoms. The van der Waals surface area contributed by atoms with E-state index in [1.165, 1.54) is 5.56 Å². The molecule has 0 unspecified atom stereocenters. The summed E-state index contributed by atoms with van der Waals surface area (Å²) in [4.78, 5) is 13.0. The van der Waals surface area contributed by atoms with Gasteiger partial charge < -0.3 is 14.3 Å². The summed E-state index contributed by atoms with van der Waals surface area (Å²) in [5.74, 6) is 2.28. The lowest BCUT2D eigenvalue weighted by atomic mass is 10.1. The number of aromatic nitrogens is 2. The van der Waals surface area contributed by atoms with E-state index in [4.69, 9.17) is 4.52 Å². The van der Waals surface area contributed by atoms with Gasteiger partial charge in [0.05, 0.1) is 0 Å². The van der Waals surface area contributed by atoms with Gasteiger partial charge in [0.1, 0.15) is 0 Å². The summed E-state index contributed by atoms with van der Waals surface area (Å²) < 4.78 is 5.25. The molecule has 1 heterocycles. The average Bonchev–Trinajstić information content (AvgIpc) is 3.00. The lowest BCUT2D eigenvalue weighted by Gasteiger charge is -2.22. The number of rotatable bonds is 5. The number of benzene rings is 1. The first-order chi connectivity index (χ1) is 11.0. The molecule has 24 heavy (non-hydrogen) atoms. The van der Waals surface area contributed by atoms with E-state index in [9.17, 15) is 0 Å². The van der Waals surface area contributed by atoms with Crippen LogP contribution >= 0.6 is 24.0 Å². The third kappa shape index (κ3) is 5.47. The summed E-state index contributed by atoms with van der Waals surface area (Å²) in [6.07, 6.45) is 1.68. The highest BCUT2D eigenvalue weighted by molar-refractivity contribution is 14.0. The van der Waals surface area contributed by atoms with Crippen molar-refractivity contribution in [2.75, 3.05) is 34.7 Å². The van der Waals surface area contributed by atoms with Crippen LogP contribution in [0.3, 0.4) is 0 Å². The maximum Gasteiger partial charge on any atom is 0.257 e. The first kappa shape index (κ1) is 20.4. The molecular formula is C17H26IN5O. The number of guanidine groups is 1. The van der Waals surface area contributed by atoms with Crippen molar-refractivity contribution in [2.24, 2.45) is 4.99 Å². The summed E-state index contributed by atoms with van der Waals surface area (Å²) in [6, 6.07) is 8.22. The molecule has 6 nitrogen and oxygen atoms in total. The summed E-state index contributed by atoms with van der Waals surface area (Å²) in [6.45, 7) is 2.76. The molecule has 0 saturated carbocycles. The Morgan fingerprint density at radius 3 is 2.21 bits per heavy atom. The maximum atomic E-state index is 5.25. The molecule has 0 aliphatic heterocycles. The van der Waals surface area contributed by atoms with Crippen molar-refractivity contribution < 1.29 is 4.52 Å². The second-order valence-electron chi connectivity index (χ2n) is 5.79. The Morgan fingerprint density at radius 1 is 1.08 bits per heavy atom. The van der Waals surface area contributed by atoms with Crippen LogP contribution in [0.1, 0.15) is 18.3 Å². The molecule has 0 bridgehead atoms. The van der Waals surface area contributed by atoms with Gasteiger partial charge in [-0.3, -0.25) is 4.99 Å². The predicted octanol–water partition coefficient (Wildman–Crippen LogP) is 2.94. The number of hydrogen-bond acceptors (Lipinski definition) is 4. The third-order valence-electron chi connectivity index (χ3n) is 3.44. The minimum atomic E-state index is 0. The monoisotopic (exact) mass is 443 g/mol. The van der Waals surface area contributed by atoms with E-state index in [-0.39, 0.29) is 24.0 Å². The zero-order chi connectivity index (χ0) is 16.8. The van der Waals surface area contributed by atoms with Crippen LogP contribution in [0.25, 0.3) is 11.5 Å². The van der Waals surface area contributed by atoms with Crippen LogP contribution in [0.15, 0.2) is 33.8 Å². The zero-order valence-electron chi connectivity index (χ0n) is 15.0. The van der Waals surface area contributed by atoms with Crippen molar-refractivity contribution in [1.82, 2.24) is 19.9 Å². The smallest absolute Gasteiger partial charge is 0.257 e. The molecule has 1 aromatic carbocycles. The number of aryl methyl sites for hydroxylation is 1. The summed E-state index contributed by atoms with van der Waals surface area (Å²) in [7, 11) is 8.01. The van der Waals surface area contributed by atoms with Gasteiger partial charge in [-0.1, -0.05) is 24.2 Å². The second kappa shape index (κ2) is 9.61. The Labute approximate surface area is 161 Å². The molecule has 7 heteroatoms. The maximum absolute atomic E-state index is 5.25. The molecule has 2 aromatic rings. The van der Waals surface area contributed by atoms with E-state index in [1.54, 1.807) is 0 Å². The predicted molar refractivity (Wildman–Crippen MR) is 108 cm³/mol. The van der Waals surface area contributed by atoms with Crippen LogP contribution in [-0.2, 0) is 12.8 Å². The van der Waals surface area contributed by atoms with Gasteiger partial charge in [-0.15, -0.1) is 24.0 Å². The van der Waals surface area contributed by atoms with Gasteiger partial charge in [0.25, 0.3) is 5.89 Å². The molecule has 0 aliphatic rings. The largest absolute Gasteiger partial charge is 0.349 e. The van der Waals surface area contributed by atoms with Gasteiger partial charge in [-0.05, 0) is 24.1 Å². The number of hydrogen-bond donors (Lipinski definition) is 0. The fraction of sp³-hybridized carbons (Fsp3) is 0.471. The van der Waals surface area contributed by atoms with Gasteiger partial charge in [-0.25, -0.2) is 0 Å². The molecule has 0 saturated heterocycles. The highest BCUT2D eigenvalue weighted by Gasteiger charge is 2.07. The van der Waals surface area contributed by atoms with Gasteiger partial charge in [-0.2, -0.15) is 4.98 Å². The third-order valence-corrected chi connectivity index (χ3v) is 3.44. The molecule has 0 radical (unpaired) electrons. The van der Waals surface area contributed by atoms with Crippen molar-refractivity contribution in [3.63, 3.8) is 0 Å². The molecule has 0 N–H and O–H groups in total. The van der Waals surface area contributed by atoms with Crippen LogP contribution < -0.4 is 0 Å². The highest BCUT2D eigenvalue weighted by Crippen LogP contribution is 2.18. The first-order valence-electron chi connectivity index (χ1n) is 7.82. The Hall–Kier alpha value is -1.64. The van der Waals surface area contributed by atoms with Crippen LogP contribution in [0, 0.1) is 0 Å². The van der Waals surface area contributed by atoms with Gasteiger partial charge in [0.15, 0.2) is 11.8 Å². The summed E-state index contributed by atoms with van der Waals surface area (Å²) >= 11 is 0. The van der Waals surface area contributed by atoms with E-state index < -0.39 is 0 Å². The first-order valence-corrected chi connectivity index (χ1v) is 7.82. The fourth-order valence-electron chi connectivity index (χ4n) is 2.30. The summed E-state index contributed by atoms with van der Waals surface area (Å²) in [5.41, 5.74) is 2.19. The topological polar surface area (TPSA) is 57.8 Å². The summed E-state index contributed by atoms with van der Waals surface area (Å²) in [5, 5.41) is 3.92. The van der Waals surface area contributed by atoms with E-state index in [0.717, 1.165) is 36.7 Å². The number of nitrogens with zero attached hydrogens (tertiary/aromatic N) is 5. The minimum absolute atomic E-state index is 0. The van der Waals surface area contributed by atoms with Crippen LogP contribution in [0.4, 0.5) is 0 Å². The van der Waals surface area contributed by atoms with E-state index in [1.807, 2.05) is 57.0 Å². The van der Waals surface area contributed by atoms with E-state index >= 15 is 0 Å². The molecule has 0 amide bonds. The number of aliphatic imine (C=N–C) groups is 1. The molecule has 2 rings (SSSR count). The molecule has 1 aromatic heterocycles. The van der Waals surface area contributed by atoms with Crippen molar-refractivity contribution in [3.8, 4) is 11.5 Å². The average molecular weight is 443 g/mol. The van der Waals surface area contributed by atoms with Gasteiger partial charge in [0.2, 0.25) is 0 Å². The van der Waals surface area contributed by atoms with Gasteiger partial charge >= 0.3 is 0 Å². The fourth-order valence-corrected chi connectivity index (χ4v) is 2.30. The molecule has 0 fully saturated rings. The lowest BCUT2D eigenvalue weighted by Crippen LogP contribution is -2.35. The lowest BCUT2D eigenvalue weighted by molar-refractivity contribution is 0.423. The van der Waals surface area contributed by atoms with Crippen LogP contribution in [-0.4, -0.2) is 60.6 Å². The van der Waals surface area contributed by atoms with Gasteiger partial charge in [0, 0.05) is 46.7 Å². The molecule has 132 valence electrons. The number of halogens is 1. The Balaban J connectivity index is 0.00000288. The second-order valence-corrected chi connectivity index (χ2v) is 5.79. The standard InChI is InChI=1S/C17H25N5O.HI/c1-6-15-19-16(23-20-15)14-9-7-13(8-10-14)11-12-18-17(21(2)3)22(4)5;/h7-10H,6,11-12H2,1-5H3;1H. The Kier molecular flexibility index (Phi) is 8.17. The molecular weight excluding hydrogens is 417 g/mol. The molecule has 0 aliphatic carbocycles.